The summed E-state index contributed by atoms with van der Waals surface area (Å²) in [6, 6.07) is 7.05. The number of nitrogens with zero attached hydrogens (tertiary/aromatic N) is 2. The minimum atomic E-state index is -3.17. The van der Waals surface area contributed by atoms with Crippen molar-refractivity contribution in [2.45, 2.75) is 19.4 Å². The molecule has 8 nitrogen and oxygen atoms in total. The molecule has 0 spiro atoms. The number of fused-ring (bicyclic) bond motifs is 1. The van der Waals surface area contributed by atoms with Crippen LogP contribution in [0, 0.1) is 0 Å². The van der Waals surface area contributed by atoms with Gasteiger partial charge in [-0.05, 0) is 25.5 Å². The Morgan fingerprint density at radius 1 is 1.36 bits per heavy atom. The molecule has 1 unspecified atom stereocenters. The van der Waals surface area contributed by atoms with Gasteiger partial charge in [0.05, 0.1) is 11.4 Å². The van der Waals surface area contributed by atoms with Crippen molar-refractivity contribution in [1.82, 2.24) is 9.62 Å². The Bertz CT molecular complexity index is 780. The van der Waals surface area contributed by atoms with Gasteiger partial charge in [0, 0.05) is 19.6 Å². The summed E-state index contributed by atoms with van der Waals surface area (Å²) in [5.74, 6) is 0.105. The van der Waals surface area contributed by atoms with E-state index in [4.69, 9.17) is 4.74 Å². The molecule has 0 saturated carbocycles. The Labute approximate surface area is 146 Å². The Hall–Kier alpha value is -2.13. The summed E-state index contributed by atoms with van der Waals surface area (Å²) in [6.07, 6.45) is -0.0369. The highest BCUT2D eigenvalue weighted by molar-refractivity contribution is 7.89. The lowest BCUT2D eigenvalue weighted by atomic mass is 10.2. The zero-order valence-electron chi connectivity index (χ0n) is 14.0. The Balaban J connectivity index is 1.58. The molecule has 1 N–H and O–H groups in total. The summed E-state index contributed by atoms with van der Waals surface area (Å²) in [7, 11) is -3.17. The molecule has 1 saturated heterocycles. The first-order chi connectivity index (χ1) is 11.9. The van der Waals surface area contributed by atoms with Crippen LogP contribution in [-0.4, -0.2) is 62.6 Å². The predicted octanol–water partition coefficient (Wildman–Crippen LogP) is -0.0478. The number of rotatable bonds is 5. The van der Waals surface area contributed by atoms with Gasteiger partial charge < -0.3 is 10.1 Å². The number of nitrogens with one attached hydrogen (secondary N) is 1. The van der Waals surface area contributed by atoms with Crippen molar-refractivity contribution in [3.05, 3.63) is 24.3 Å². The van der Waals surface area contributed by atoms with Crippen molar-refractivity contribution in [2.24, 2.45) is 0 Å². The molecule has 1 aromatic carbocycles. The van der Waals surface area contributed by atoms with Crippen molar-refractivity contribution in [2.75, 3.05) is 36.8 Å². The van der Waals surface area contributed by atoms with Gasteiger partial charge in [-0.1, -0.05) is 12.1 Å². The highest BCUT2D eigenvalue weighted by Gasteiger charge is 2.32. The van der Waals surface area contributed by atoms with Crippen LogP contribution in [0.3, 0.4) is 0 Å². The Morgan fingerprint density at radius 3 is 2.84 bits per heavy atom. The number of carbonyl (C=O) groups is 2. The van der Waals surface area contributed by atoms with Gasteiger partial charge >= 0.3 is 0 Å². The molecule has 1 fully saturated rings. The minimum absolute atomic E-state index is 0.129. The van der Waals surface area contributed by atoms with Gasteiger partial charge in [0.25, 0.3) is 5.91 Å². The second kappa shape index (κ2) is 7.01. The fraction of sp³-hybridized carbons (Fsp3) is 0.500. The topological polar surface area (TPSA) is 96.0 Å². The number of ether oxygens (including phenoxy) is 1. The molecule has 0 aliphatic carbocycles. The number of anilines is 1. The first kappa shape index (κ1) is 17.7. The summed E-state index contributed by atoms with van der Waals surface area (Å²) in [5, 5.41) is 2.68. The molecule has 136 valence electrons. The third-order valence-electron chi connectivity index (χ3n) is 4.26. The zero-order chi connectivity index (χ0) is 18.0. The lowest BCUT2D eigenvalue weighted by Crippen LogP contribution is -2.49. The number of amides is 2. The van der Waals surface area contributed by atoms with Crippen molar-refractivity contribution < 1.29 is 22.7 Å². The highest BCUT2D eigenvalue weighted by atomic mass is 32.2. The molecule has 2 heterocycles. The molecule has 25 heavy (non-hydrogen) atoms. The number of hydrogen-bond acceptors (Lipinski definition) is 5. The van der Waals surface area contributed by atoms with E-state index in [0.717, 1.165) is 0 Å². The predicted molar refractivity (Wildman–Crippen MR) is 91.9 cm³/mol. The van der Waals surface area contributed by atoms with Crippen LogP contribution in [-0.2, 0) is 19.6 Å². The second-order valence-corrected chi connectivity index (χ2v) is 8.16. The van der Waals surface area contributed by atoms with E-state index >= 15 is 0 Å². The largest absolute Gasteiger partial charge is 0.479 e. The van der Waals surface area contributed by atoms with E-state index in [2.05, 4.69) is 5.32 Å². The second-order valence-electron chi connectivity index (χ2n) is 6.07. The standard InChI is InChI=1S/C16H21N3O5S/c1-12-16(21)19(13-5-2-3-6-14(13)24-12)11-15(20)17-7-9-18-8-4-10-25(18,22)23/h2-3,5-6,12H,4,7-11H2,1H3,(H,17,20). The molecule has 0 radical (unpaired) electrons. The van der Waals surface area contributed by atoms with Crippen molar-refractivity contribution in [3.63, 3.8) is 0 Å². The lowest BCUT2D eigenvalue weighted by molar-refractivity contribution is -0.128. The van der Waals surface area contributed by atoms with E-state index in [1.54, 1.807) is 31.2 Å². The van der Waals surface area contributed by atoms with Gasteiger partial charge in [-0.15, -0.1) is 0 Å². The van der Waals surface area contributed by atoms with E-state index in [1.165, 1.54) is 9.21 Å². The van der Waals surface area contributed by atoms with Crippen molar-refractivity contribution in [3.8, 4) is 5.75 Å². The van der Waals surface area contributed by atoms with Crippen molar-refractivity contribution >= 4 is 27.5 Å². The van der Waals surface area contributed by atoms with E-state index in [1.807, 2.05) is 0 Å². The first-order valence-electron chi connectivity index (χ1n) is 8.20. The average molecular weight is 367 g/mol. The Kier molecular flexibility index (Phi) is 4.96. The fourth-order valence-electron chi connectivity index (χ4n) is 2.98. The maximum atomic E-state index is 12.3. The molecule has 9 heteroatoms. The van der Waals surface area contributed by atoms with Crippen molar-refractivity contribution in [1.29, 1.82) is 0 Å². The summed E-state index contributed by atoms with van der Waals surface area (Å²) in [6.45, 7) is 2.47. The van der Waals surface area contributed by atoms with Crippen LogP contribution in [0.4, 0.5) is 5.69 Å². The average Bonchev–Trinajstić information content (AvgIpc) is 2.90. The van der Waals surface area contributed by atoms with Crippen LogP contribution in [0.15, 0.2) is 24.3 Å². The smallest absolute Gasteiger partial charge is 0.268 e. The fourth-order valence-corrected chi connectivity index (χ4v) is 4.51. The number of sulfonamides is 1. The van der Waals surface area contributed by atoms with E-state index in [9.17, 15) is 18.0 Å². The van der Waals surface area contributed by atoms with E-state index in [-0.39, 0.29) is 37.2 Å². The molecule has 2 aliphatic heterocycles. The van der Waals surface area contributed by atoms with Crippen LogP contribution in [0.5, 0.6) is 5.75 Å². The van der Waals surface area contributed by atoms with Gasteiger partial charge in [0.2, 0.25) is 15.9 Å². The van der Waals surface area contributed by atoms with E-state index in [0.29, 0.717) is 24.4 Å². The molecule has 1 aromatic rings. The minimum Gasteiger partial charge on any atom is -0.479 e. The van der Waals surface area contributed by atoms with E-state index < -0.39 is 16.1 Å². The van der Waals surface area contributed by atoms with Crippen LogP contribution >= 0.6 is 0 Å². The normalized spacial score (nSPS) is 22.4. The zero-order valence-corrected chi connectivity index (χ0v) is 14.8. The monoisotopic (exact) mass is 367 g/mol. The van der Waals surface area contributed by atoms with Gasteiger partial charge in [-0.25, -0.2) is 12.7 Å². The molecule has 1 atom stereocenters. The van der Waals surface area contributed by atoms with Crippen LogP contribution in [0.1, 0.15) is 13.3 Å². The summed E-state index contributed by atoms with van der Waals surface area (Å²) >= 11 is 0. The summed E-state index contributed by atoms with van der Waals surface area (Å²) in [5.41, 5.74) is 0.558. The van der Waals surface area contributed by atoms with Gasteiger partial charge in [0.1, 0.15) is 12.3 Å². The molecule has 0 aromatic heterocycles. The Morgan fingerprint density at radius 2 is 2.12 bits per heavy atom. The van der Waals surface area contributed by atoms with Gasteiger partial charge in [-0.2, -0.15) is 0 Å². The molecule has 2 aliphatic rings. The number of para-hydroxylation sites is 2. The number of hydrogen-bond donors (Lipinski definition) is 1. The van der Waals surface area contributed by atoms with Crippen LogP contribution < -0.4 is 15.0 Å². The first-order valence-corrected chi connectivity index (χ1v) is 9.81. The quantitative estimate of drug-likeness (QED) is 0.787. The number of carbonyl (C=O) groups excluding carboxylic acids is 2. The van der Waals surface area contributed by atoms with Crippen LogP contribution in [0.2, 0.25) is 0 Å². The highest BCUT2D eigenvalue weighted by Crippen LogP contribution is 2.33. The maximum Gasteiger partial charge on any atom is 0.268 e. The SMILES string of the molecule is CC1Oc2ccccc2N(CC(=O)NCCN2CCCS2(=O)=O)C1=O. The summed E-state index contributed by atoms with van der Waals surface area (Å²) < 4.78 is 30.3. The van der Waals surface area contributed by atoms with Crippen LogP contribution in [0.25, 0.3) is 0 Å². The third kappa shape index (κ3) is 3.77. The molecule has 0 bridgehead atoms. The molecule has 2 amide bonds. The van der Waals surface area contributed by atoms with Gasteiger partial charge in [-0.3, -0.25) is 14.5 Å². The molecule has 3 rings (SSSR count). The van der Waals surface area contributed by atoms with Gasteiger partial charge in [0.15, 0.2) is 6.10 Å². The molecular weight excluding hydrogens is 346 g/mol. The summed E-state index contributed by atoms with van der Waals surface area (Å²) in [4.78, 5) is 25.9. The third-order valence-corrected chi connectivity index (χ3v) is 6.22. The number of benzene rings is 1. The maximum absolute atomic E-state index is 12.3. The molecular formula is C16H21N3O5S. The lowest BCUT2D eigenvalue weighted by Gasteiger charge is -2.32.